The molecule has 1 aromatic heterocycles. The molecule has 98 valence electrons. The second kappa shape index (κ2) is 5.33. The van der Waals surface area contributed by atoms with Crippen LogP contribution in [0.15, 0.2) is 24.4 Å². The van der Waals surface area contributed by atoms with E-state index in [1.807, 2.05) is 0 Å². The molecule has 6 nitrogen and oxygen atoms in total. The van der Waals surface area contributed by atoms with Crippen LogP contribution in [0.3, 0.4) is 0 Å². The Hall–Kier alpha value is -1.99. The van der Waals surface area contributed by atoms with Crippen molar-refractivity contribution in [2.45, 2.75) is 0 Å². The zero-order valence-corrected chi connectivity index (χ0v) is 10.5. The molecule has 2 aromatic rings. The molecular formula is C10H4Cl2FN3O3. The van der Waals surface area contributed by atoms with Crippen LogP contribution in [0, 0.1) is 15.9 Å². The van der Waals surface area contributed by atoms with Crippen LogP contribution in [-0.4, -0.2) is 14.9 Å². The summed E-state index contributed by atoms with van der Waals surface area (Å²) in [7, 11) is 0. The topological polar surface area (TPSA) is 78.2 Å². The normalized spacial score (nSPS) is 10.3. The third kappa shape index (κ3) is 3.07. The third-order valence-corrected chi connectivity index (χ3v) is 2.45. The summed E-state index contributed by atoms with van der Waals surface area (Å²) >= 11 is 11.3. The van der Waals surface area contributed by atoms with E-state index in [0.717, 1.165) is 12.1 Å². The molecular weight excluding hydrogens is 300 g/mol. The van der Waals surface area contributed by atoms with Crippen molar-refractivity contribution in [3.8, 4) is 11.6 Å². The summed E-state index contributed by atoms with van der Waals surface area (Å²) in [6.45, 7) is 0. The molecule has 1 aromatic carbocycles. The van der Waals surface area contributed by atoms with Crippen LogP contribution in [0.1, 0.15) is 0 Å². The van der Waals surface area contributed by atoms with Gasteiger partial charge in [0.1, 0.15) is 10.8 Å². The minimum absolute atomic E-state index is 0.000216. The SMILES string of the molecule is O=[N+]([O-])c1ccc(Oc2nc(Cl)ncc2Cl)cc1F. The molecule has 0 spiro atoms. The van der Waals surface area contributed by atoms with E-state index in [2.05, 4.69) is 9.97 Å². The minimum atomic E-state index is -1.03. The molecule has 0 saturated carbocycles. The predicted molar refractivity (Wildman–Crippen MR) is 65.2 cm³/mol. The van der Waals surface area contributed by atoms with E-state index in [1.165, 1.54) is 12.3 Å². The second-order valence-corrected chi connectivity index (χ2v) is 4.01. The van der Waals surface area contributed by atoms with Crippen LogP contribution in [0.4, 0.5) is 10.1 Å². The van der Waals surface area contributed by atoms with Crippen molar-refractivity contribution in [3.63, 3.8) is 0 Å². The summed E-state index contributed by atoms with van der Waals surface area (Å²) < 4.78 is 18.5. The largest absolute Gasteiger partial charge is 0.437 e. The average Bonchev–Trinajstić information content (AvgIpc) is 2.33. The van der Waals surface area contributed by atoms with Crippen LogP contribution in [0.2, 0.25) is 10.3 Å². The number of nitrogens with zero attached hydrogens (tertiary/aromatic N) is 3. The Morgan fingerprint density at radius 1 is 1.37 bits per heavy atom. The van der Waals surface area contributed by atoms with Gasteiger partial charge in [-0.25, -0.2) is 4.98 Å². The van der Waals surface area contributed by atoms with Crippen LogP contribution >= 0.6 is 23.2 Å². The van der Waals surface area contributed by atoms with Gasteiger partial charge in [-0.15, -0.1) is 0 Å². The quantitative estimate of drug-likeness (QED) is 0.491. The first-order valence-corrected chi connectivity index (χ1v) is 5.53. The molecule has 0 atom stereocenters. The van der Waals surface area contributed by atoms with Crippen LogP contribution in [-0.2, 0) is 0 Å². The molecule has 0 N–H and O–H groups in total. The number of halogens is 3. The number of hydrogen-bond donors (Lipinski definition) is 0. The zero-order valence-electron chi connectivity index (χ0n) is 9.01. The van der Waals surface area contributed by atoms with Crippen molar-refractivity contribution in [2.24, 2.45) is 0 Å². The van der Waals surface area contributed by atoms with Gasteiger partial charge in [-0.3, -0.25) is 10.1 Å². The molecule has 0 amide bonds. The molecule has 9 heteroatoms. The lowest BCUT2D eigenvalue weighted by Gasteiger charge is -2.06. The number of benzene rings is 1. The summed E-state index contributed by atoms with van der Waals surface area (Å²) in [6, 6.07) is 3.04. The van der Waals surface area contributed by atoms with Gasteiger partial charge in [-0.05, 0) is 17.7 Å². The highest BCUT2D eigenvalue weighted by molar-refractivity contribution is 6.32. The van der Waals surface area contributed by atoms with Crippen molar-refractivity contribution in [3.05, 3.63) is 50.6 Å². The zero-order chi connectivity index (χ0) is 14.0. The lowest BCUT2D eigenvalue weighted by Crippen LogP contribution is -1.95. The Kier molecular flexibility index (Phi) is 3.77. The van der Waals surface area contributed by atoms with Gasteiger partial charge in [0.05, 0.1) is 11.1 Å². The van der Waals surface area contributed by atoms with E-state index in [4.69, 9.17) is 27.9 Å². The number of nitro groups is 1. The Bertz CT molecular complexity index is 654. The Morgan fingerprint density at radius 3 is 2.74 bits per heavy atom. The maximum atomic E-state index is 13.4. The fourth-order valence-corrected chi connectivity index (χ4v) is 1.47. The van der Waals surface area contributed by atoms with Crippen LogP contribution in [0.25, 0.3) is 0 Å². The van der Waals surface area contributed by atoms with Gasteiger partial charge in [-0.2, -0.15) is 9.37 Å². The van der Waals surface area contributed by atoms with E-state index in [0.29, 0.717) is 0 Å². The number of nitro benzene ring substituents is 1. The van der Waals surface area contributed by atoms with Gasteiger partial charge in [0.2, 0.25) is 17.0 Å². The fourth-order valence-electron chi connectivity index (χ4n) is 1.21. The van der Waals surface area contributed by atoms with Crippen molar-refractivity contribution >= 4 is 28.9 Å². The minimum Gasteiger partial charge on any atom is -0.437 e. The molecule has 2 rings (SSSR count). The molecule has 0 fully saturated rings. The maximum Gasteiger partial charge on any atom is 0.305 e. The lowest BCUT2D eigenvalue weighted by molar-refractivity contribution is -0.387. The lowest BCUT2D eigenvalue weighted by atomic mass is 10.3. The summed E-state index contributed by atoms with van der Waals surface area (Å²) in [5, 5.41) is 10.4. The fraction of sp³-hybridized carbons (Fsp3) is 0. The highest BCUT2D eigenvalue weighted by atomic mass is 35.5. The van der Waals surface area contributed by atoms with Crippen LogP contribution in [0.5, 0.6) is 11.6 Å². The van der Waals surface area contributed by atoms with Gasteiger partial charge < -0.3 is 4.74 Å². The highest BCUT2D eigenvalue weighted by Gasteiger charge is 2.15. The highest BCUT2D eigenvalue weighted by Crippen LogP contribution is 2.29. The van der Waals surface area contributed by atoms with E-state index < -0.39 is 16.4 Å². The van der Waals surface area contributed by atoms with Gasteiger partial charge in [0.15, 0.2) is 0 Å². The summed E-state index contributed by atoms with van der Waals surface area (Å²) in [6.07, 6.45) is 1.22. The van der Waals surface area contributed by atoms with E-state index in [1.54, 1.807) is 0 Å². The first-order chi connectivity index (χ1) is 8.97. The molecule has 0 aliphatic rings. The van der Waals surface area contributed by atoms with E-state index >= 15 is 0 Å². The van der Waals surface area contributed by atoms with Gasteiger partial charge in [0, 0.05) is 12.1 Å². The molecule has 0 saturated heterocycles. The molecule has 0 bridgehead atoms. The predicted octanol–water partition coefficient (Wildman–Crippen LogP) is 3.62. The molecule has 19 heavy (non-hydrogen) atoms. The molecule has 0 unspecified atom stereocenters. The van der Waals surface area contributed by atoms with Gasteiger partial charge >= 0.3 is 5.69 Å². The number of aromatic nitrogens is 2. The Balaban J connectivity index is 2.31. The number of rotatable bonds is 3. The van der Waals surface area contributed by atoms with E-state index in [-0.39, 0.29) is 21.9 Å². The van der Waals surface area contributed by atoms with E-state index in [9.17, 15) is 14.5 Å². The van der Waals surface area contributed by atoms with Crippen molar-refractivity contribution in [1.82, 2.24) is 9.97 Å². The molecule has 0 aliphatic heterocycles. The van der Waals surface area contributed by atoms with Gasteiger partial charge in [0.25, 0.3) is 0 Å². The van der Waals surface area contributed by atoms with Crippen molar-refractivity contribution in [2.75, 3.05) is 0 Å². The molecule has 1 heterocycles. The molecule has 0 radical (unpaired) electrons. The van der Waals surface area contributed by atoms with Crippen molar-refractivity contribution < 1.29 is 14.1 Å². The summed E-state index contributed by atoms with van der Waals surface area (Å²) in [4.78, 5) is 16.9. The Labute approximate surface area is 115 Å². The van der Waals surface area contributed by atoms with Crippen molar-refractivity contribution in [1.29, 1.82) is 0 Å². The second-order valence-electron chi connectivity index (χ2n) is 3.26. The van der Waals surface area contributed by atoms with Gasteiger partial charge in [-0.1, -0.05) is 11.6 Å². The summed E-state index contributed by atoms with van der Waals surface area (Å²) in [5.41, 5.74) is -0.654. The number of hydrogen-bond acceptors (Lipinski definition) is 5. The smallest absolute Gasteiger partial charge is 0.305 e. The molecule has 0 aliphatic carbocycles. The van der Waals surface area contributed by atoms with Crippen LogP contribution < -0.4 is 4.74 Å². The summed E-state index contributed by atoms with van der Waals surface area (Å²) in [5.74, 6) is -1.10. The first-order valence-electron chi connectivity index (χ1n) is 4.77. The standard InChI is InChI=1S/C10H4Cl2FN3O3/c11-6-4-14-10(12)15-9(6)19-5-1-2-8(16(17)18)7(13)3-5/h1-4H. The maximum absolute atomic E-state index is 13.4. The average molecular weight is 304 g/mol. The Morgan fingerprint density at radius 2 is 2.11 bits per heavy atom. The monoisotopic (exact) mass is 303 g/mol. The first kappa shape index (κ1) is 13.4. The number of ether oxygens (including phenoxy) is 1. The third-order valence-electron chi connectivity index (χ3n) is 2.01.